The highest BCUT2D eigenvalue weighted by Gasteiger charge is 2.19. The van der Waals surface area contributed by atoms with Crippen molar-refractivity contribution in [1.29, 1.82) is 0 Å². The van der Waals surface area contributed by atoms with Crippen molar-refractivity contribution in [2.75, 3.05) is 40.3 Å². The second-order valence-electron chi connectivity index (χ2n) is 8.03. The second kappa shape index (κ2) is 15.6. The fraction of sp³-hybridized carbons (Fsp3) is 0.448. The van der Waals surface area contributed by atoms with Gasteiger partial charge in [-0.15, -0.1) is 10.2 Å². The molecule has 0 saturated carbocycles. The first-order valence-corrected chi connectivity index (χ1v) is 12.4. The van der Waals surface area contributed by atoms with Crippen LogP contribution in [0.25, 0.3) is 5.57 Å². The van der Waals surface area contributed by atoms with Gasteiger partial charge in [-0.1, -0.05) is 52.5 Å². The quantitative estimate of drug-likeness (QED) is 0.404. The molecule has 0 bridgehead atoms. The summed E-state index contributed by atoms with van der Waals surface area (Å²) in [6, 6.07) is 5.59. The summed E-state index contributed by atoms with van der Waals surface area (Å²) in [5, 5.41) is 23.4. The first-order chi connectivity index (χ1) is 17.0. The third-order valence-corrected chi connectivity index (χ3v) is 6.00. The van der Waals surface area contributed by atoms with Gasteiger partial charge in [0.05, 0.1) is 17.1 Å². The number of nitrogens with one attached hydrogen (secondary N) is 1. The summed E-state index contributed by atoms with van der Waals surface area (Å²) in [6.45, 7) is 15.8. The largest absolute Gasteiger partial charge is 0.507 e. The number of phenols is 1. The highest BCUT2D eigenvalue weighted by atomic mass is 16.3. The molecule has 196 valence electrons. The van der Waals surface area contributed by atoms with Crippen LogP contribution in [0.4, 0.5) is 0 Å². The molecular weight excluding hydrogens is 448 g/mol. The molecule has 7 nitrogen and oxygen atoms in total. The Morgan fingerprint density at radius 3 is 2.42 bits per heavy atom. The lowest BCUT2D eigenvalue weighted by atomic mass is 9.97. The summed E-state index contributed by atoms with van der Waals surface area (Å²) >= 11 is 0. The van der Waals surface area contributed by atoms with E-state index < -0.39 is 0 Å². The summed E-state index contributed by atoms with van der Waals surface area (Å²) in [5.41, 5.74) is 5.89. The van der Waals surface area contributed by atoms with E-state index in [0.29, 0.717) is 11.3 Å². The lowest BCUT2D eigenvalue weighted by Gasteiger charge is -2.29. The molecule has 0 aromatic heterocycles. The predicted molar refractivity (Wildman–Crippen MR) is 158 cm³/mol. The molecule has 2 N–H and O–H groups in total. The molecule has 1 fully saturated rings. The van der Waals surface area contributed by atoms with Gasteiger partial charge < -0.3 is 15.3 Å². The minimum atomic E-state index is 0. The molecule has 1 saturated heterocycles. The van der Waals surface area contributed by atoms with E-state index in [0.717, 1.165) is 67.4 Å². The van der Waals surface area contributed by atoms with E-state index in [2.05, 4.69) is 50.0 Å². The topological polar surface area (TPSA) is 84.9 Å². The van der Waals surface area contributed by atoms with E-state index >= 15 is 0 Å². The first kappa shape index (κ1) is 30.7. The van der Waals surface area contributed by atoms with Crippen LogP contribution in [0.5, 0.6) is 5.75 Å². The van der Waals surface area contributed by atoms with Crippen LogP contribution >= 0.6 is 0 Å². The number of amidine groups is 1. The molecule has 2 heterocycles. The smallest absolute Gasteiger partial charge is 0.131 e. The minimum absolute atomic E-state index is 0. The summed E-state index contributed by atoms with van der Waals surface area (Å²) in [7, 11) is 3.48. The molecule has 0 aliphatic carbocycles. The third kappa shape index (κ3) is 7.85. The molecule has 0 radical (unpaired) electrons. The van der Waals surface area contributed by atoms with Crippen molar-refractivity contribution in [2.24, 2.45) is 20.2 Å². The summed E-state index contributed by atoms with van der Waals surface area (Å²) < 4.78 is 0. The van der Waals surface area contributed by atoms with Gasteiger partial charge in [-0.3, -0.25) is 9.98 Å². The summed E-state index contributed by atoms with van der Waals surface area (Å²) in [6.07, 6.45) is 7.42. The molecule has 0 atom stereocenters. The number of phenolic OH excluding ortho intramolecular Hbond substituents is 1. The van der Waals surface area contributed by atoms with Crippen molar-refractivity contribution in [2.45, 2.75) is 48.0 Å². The summed E-state index contributed by atoms with van der Waals surface area (Å²) in [5.74, 6) is 1.15. The Balaban J connectivity index is 0.00000211. The van der Waals surface area contributed by atoms with E-state index in [-0.39, 0.29) is 13.2 Å². The molecule has 0 unspecified atom stereocenters. The maximum atomic E-state index is 10.9. The summed E-state index contributed by atoms with van der Waals surface area (Å²) in [4.78, 5) is 10.8. The number of hydrogen-bond donors (Lipinski definition) is 2. The van der Waals surface area contributed by atoms with Crippen molar-refractivity contribution < 1.29 is 5.11 Å². The van der Waals surface area contributed by atoms with Gasteiger partial charge in [0.1, 0.15) is 11.6 Å². The first-order valence-electron chi connectivity index (χ1n) is 12.4. The second-order valence-corrected chi connectivity index (χ2v) is 8.03. The van der Waals surface area contributed by atoms with Crippen molar-refractivity contribution in [3.8, 4) is 5.75 Å². The van der Waals surface area contributed by atoms with Gasteiger partial charge in [0.25, 0.3) is 0 Å². The SMILES string of the molecule is C.C=C/C(=C\C(=NC)C(C)=NC)c1ccc(C2=NN=C(N3CCNCC3)CC(CC)=C2)c(O)c1.CC. The fourth-order valence-corrected chi connectivity index (χ4v) is 3.86. The number of benzene rings is 1. The van der Waals surface area contributed by atoms with E-state index in [9.17, 15) is 5.11 Å². The molecule has 36 heavy (non-hydrogen) atoms. The van der Waals surface area contributed by atoms with Crippen LogP contribution in [0.1, 0.15) is 59.1 Å². The van der Waals surface area contributed by atoms with Crippen LogP contribution in [-0.2, 0) is 0 Å². The van der Waals surface area contributed by atoms with Crippen molar-refractivity contribution in [3.05, 3.63) is 59.7 Å². The van der Waals surface area contributed by atoms with Gasteiger partial charge in [-0.2, -0.15) is 0 Å². The van der Waals surface area contributed by atoms with Crippen molar-refractivity contribution in [1.82, 2.24) is 10.2 Å². The van der Waals surface area contributed by atoms with Gasteiger partial charge in [-0.05, 0) is 48.8 Å². The number of nitrogens with zero attached hydrogens (tertiary/aromatic N) is 5. The Labute approximate surface area is 217 Å². The van der Waals surface area contributed by atoms with Crippen molar-refractivity contribution in [3.63, 3.8) is 0 Å². The van der Waals surface area contributed by atoms with Crippen LogP contribution in [-0.4, -0.2) is 73.3 Å². The van der Waals surface area contributed by atoms with Crippen LogP contribution < -0.4 is 5.32 Å². The van der Waals surface area contributed by atoms with E-state index in [1.807, 2.05) is 39.0 Å². The molecule has 1 aromatic rings. The number of rotatable bonds is 6. The predicted octanol–water partition coefficient (Wildman–Crippen LogP) is 5.53. The molecule has 3 rings (SSSR count). The Morgan fingerprint density at radius 2 is 1.86 bits per heavy atom. The van der Waals surface area contributed by atoms with E-state index in [1.54, 1.807) is 26.2 Å². The normalized spacial score (nSPS) is 17.0. The lowest BCUT2D eigenvalue weighted by molar-refractivity contribution is 0.352. The van der Waals surface area contributed by atoms with E-state index in [4.69, 9.17) is 0 Å². The van der Waals surface area contributed by atoms with Crippen LogP contribution in [0.2, 0.25) is 0 Å². The number of aromatic hydroxyl groups is 1. The van der Waals surface area contributed by atoms with Gasteiger partial charge in [0.15, 0.2) is 0 Å². The molecular formula is C29H44N6O. The molecule has 1 aromatic carbocycles. The van der Waals surface area contributed by atoms with Gasteiger partial charge in [0, 0.05) is 52.3 Å². The molecule has 2 aliphatic heterocycles. The standard InChI is InChI=1S/C26H34N6O.C2H6.CH4/c1-6-19-14-24(30-31-26(15-19)32-12-10-29-11-13-32)22-9-8-21(17-25(22)33)20(7-2)16-23(28-5)18(3)27-4;1-2;/h7-9,14,16-17,29,33H,2,6,10-13,15H2,1,3-5H3;1-2H3;1H4/b20-16+,27-18?,28-23?;;. The third-order valence-electron chi connectivity index (χ3n) is 6.00. The maximum Gasteiger partial charge on any atom is 0.131 e. The average molecular weight is 493 g/mol. The van der Waals surface area contributed by atoms with Crippen LogP contribution in [0.15, 0.2) is 68.8 Å². The van der Waals surface area contributed by atoms with Crippen LogP contribution in [0.3, 0.4) is 0 Å². The van der Waals surface area contributed by atoms with E-state index in [1.165, 1.54) is 5.57 Å². The zero-order valence-electron chi connectivity index (χ0n) is 22.1. The minimum Gasteiger partial charge on any atom is -0.507 e. The molecule has 0 spiro atoms. The molecule has 2 aliphatic rings. The highest BCUT2D eigenvalue weighted by Crippen LogP contribution is 2.27. The number of piperazine rings is 1. The Kier molecular flexibility index (Phi) is 13.3. The Bertz CT molecular complexity index is 1070. The number of allylic oxidation sites excluding steroid dienone is 4. The zero-order chi connectivity index (χ0) is 25.8. The van der Waals surface area contributed by atoms with Gasteiger partial charge in [0.2, 0.25) is 0 Å². The Morgan fingerprint density at radius 1 is 1.17 bits per heavy atom. The number of hydrogen-bond acceptors (Lipinski definition) is 7. The van der Waals surface area contributed by atoms with Gasteiger partial charge >= 0.3 is 0 Å². The number of aliphatic imine (C=N–C) groups is 2. The van der Waals surface area contributed by atoms with Gasteiger partial charge in [-0.25, -0.2) is 0 Å². The average Bonchev–Trinajstić information content (AvgIpc) is 3.13. The fourth-order valence-electron chi connectivity index (χ4n) is 3.86. The Hall–Kier alpha value is -3.32. The zero-order valence-corrected chi connectivity index (χ0v) is 22.1. The molecule has 7 heteroatoms. The monoisotopic (exact) mass is 492 g/mol. The van der Waals surface area contributed by atoms with Crippen molar-refractivity contribution >= 4 is 28.5 Å². The lowest BCUT2D eigenvalue weighted by Crippen LogP contribution is -2.46. The van der Waals surface area contributed by atoms with Crippen LogP contribution in [0, 0.1) is 0 Å². The highest BCUT2D eigenvalue weighted by molar-refractivity contribution is 6.46. The molecule has 0 amide bonds. The maximum absolute atomic E-state index is 10.9.